The smallest absolute Gasteiger partial charge is 0.261 e. The molecule has 3 aromatic rings. The lowest BCUT2D eigenvalue weighted by Crippen LogP contribution is -2.33. The summed E-state index contributed by atoms with van der Waals surface area (Å²) in [5.41, 5.74) is 2.33. The first-order valence-corrected chi connectivity index (χ1v) is 12.1. The fourth-order valence-corrected chi connectivity index (χ4v) is 4.76. The van der Waals surface area contributed by atoms with E-state index in [9.17, 15) is 13.2 Å². The van der Waals surface area contributed by atoms with Gasteiger partial charge in [0.2, 0.25) is 0 Å². The molecule has 0 amide bonds. The van der Waals surface area contributed by atoms with Crippen molar-refractivity contribution in [3.05, 3.63) is 66.2 Å². The van der Waals surface area contributed by atoms with Crippen molar-refractivity contribution in [1.29, 1.82) is 0 Å². The molecule has 0 radical (unpaired) electrons. The standard InChI is InChI=1S/C24H26N4O3S/c1-17-12-14-28(15-13-17)24-11-10-23(25-26-24)20-4-3-5-21(16-20)27-32(30,31)22-8-6-19(7-9-22)18(2)29/h3-11,16-17,27H,12-15H2,1-2H3. The maximum absolute atomic E-state index is 12.7. The van der Waals surface area contributed by atoms with Crippen LogP contribution in [-0.4, -0.2) is 37.5 Å². The third kappa shape index (κ3) is 4.96. The molecule has 2 aromatic carbocycles. The van der Waals surface area contributed by atoms with Crippen molar-refractivity contribution >= 4 is 27.3 Å². The molecule has 2 heterocycles. The Kier molecular flexibility index (Phi) is 6.23. The summed E-state index contributed by atoms with van der Waals surface area (Å²) in [6, 6.07) is 16.8. The van der Waals surface area contributed by atoms with Gasteiger partial charge in [0.25, 0.3) is 10.0 Å². The van der Waals surface area contributed by atoms with E-state index in [-0.39, 0.29) is 10.7 Å². The highest BCUT2D eigenvalue weighted by Gasteiger charge is 2.18. The molecular formula is C24H26N4O3S. The minimum atomic E-state index is -3.78. The van der Waals surface area contributed by atoms with Gasteiger partial charge in [-0.3, -0.25) is 9.52 Å². The van der Waals surface area contributed by atoms with Gasteiger partial charge in [-0.25, -0.2) is 8.42 Å². The van der Waals surface area contributed by atoms with Crippen LogP contribution in [0.15, 0.2) is 65.6 Å². The number of carbonyl (C=O) groups is 1. The Labute approximate surface area is 188 Å². The molecule has 1 fully saturated rings. The molecule has 32 heavy (non-hydrogen) atoms. The third-order valence-electron chi connectivity index (χ3n) is 5.74. The van der Waals surface area contributed by atoms with E-state index < -0.39 is 10.0 Å². The number of carbonyl (C=O) groups excluding carboxylic acids is 1. The minimum absolute atomic E-state index is 0.0906. The second-order valence-electron chi connectivity index (χ2n) is 8.21. The van der Waals surface area contributed by atoms with Crippen LogP contribution in [0.3, 0.4) is 0 Å². The van der Waals surface area contributed by atoms with Crippen molar-refractivity contribution in [1.82, 2.24) is 10.2 Å². The Morgan fingerprint density at radius 3 is 2.34 bits per heavy atom. The SMILES string of the molecule is CC(=O)c1ccc(S(=O)(=O)Nc2cccc(-c3ccc(N4CCC(C)CC4)nn3)c2)cc1. The summed E-state index contributed by atoms with van der Waals surface area (Å²) in [6.07, 6.45) is 2.31. The molecule has 1 aliphatic heterocycles. The molecule has 0 unspecified atom stereocenters. The van der Waals surface area contributed by atoms with Crippen LogP contribution >= 0.6 is 0 Å². The highest BCUT2D eigenvalue weighted by atomic mass is 32.2. The van der Waals surface area contributed by atoms with Crippen LogP contribution in [0.4, 0.5) is 11.5 Å². The highest BCUT2D eigenvalue weighted by molar-refractivity contribution is 7.92. The van der Waals surface area contributed by atoms with Crippen molar-refractivity contribution < 1.29 is 13.2 Å². The molecule has 1 N–H and O–H groups in total. The van der Waals surface area contributed by atoms with Crippen LogP contribution in [0, 0.1) is 5.92 Å². The Morgan fingerprint density at radius 1 is 1.00 bits per heavy atom. The molecule has 0 atom stereocenters. The molecule has 1 aliphatic rings. The van der Waals surface area contributed by atoms with Crippen LogP contribution < -0.4 is 9.62 Å². The van der Waals surface area contributed by atoms with Gasteiger partial charge < -0.3 is 4.90 Å². The quantitative estimate of drug-likeness (QED) is 0.560. The van der Waals surface area contributed by atoms with E-state index >= 15 is 0 Å². The average molecular weight is 451 g/mol. The zero-order valence-corrected chi connectivity index (χ0v) is 19.0. The lowest BCUT2D eigenvalue weighted by atomic mass is 9.99. The summed E-state index contributed by atoms with van der Waals surface area (Å²) in [5.74, 6) is 1.50. The molecule has 4 rings (SSSR count). The first-order chi connectivity index (χ1) is 15.3. The second-order valence-corrected chi connectivity index (χ2v) is 9.90. The number of ketones is 1. The van der Waals surface area contributed by atoms with Gasteiger partial charge in [0, 0.05) is 29.9 Å². The van der Waals surface area contributed by atoms with E-state index in [1.807, 2.05) is 18.2 Å². The van der Waals surface area contributed by atoms with E-state index in [4.69, 9.17) is 0 Å². The van der Waals surface area contributed by atoms with Gasteiger partial charge in [-0.05, 0) is 62.1 Å². The van der Waals surface area contributed by atoms with Gasteiger partial charge in [0.05, 0.1) is 10.6 Å². The lowest BCUT2D eigenvalue weighted by Gasteiger charge is -2.30. The summed E-state index contributed by atoms with van der Waals surface area (Å²) in [4.78, 5) is 13.8. The zero-order chi connectivity index (χ0) is 22.7. The van der Waals surface area contributed by atoms with E-state index in [1.54, 1.807) is 18.2 Å². The van der Waals surface area contributed by atoms with Gasteiger partial charge in [-0.1, -0.05) is 31.2 Å². The lowest BCUT2D eigenvalue weighted by molar-refractivity contribution is 0.101. The first-order valence-electron chi connectivity index (χ1n) is 10.6. The van der Waals surface area contributed by atoms with Crippen molar-refractivity contribution in [3.8, 4) is 11.3 Å². The molecule has 0 spiro atoms. The van der Waals surface area contributed by atoms with E-state index in [0.717, 1.165) is 43.2 Å². The number of nitrogens with zero attached hydrogens (tertiary/aromatic N) is 3. The largest absolute Gasteiger partial charge is 0.355 e. The molecule has 8 heteroatoms. The number of hydrogen-bond donors (Lipinski definition) is 1. The van der Waals surface area contributed by atoms with Gasteiger partial charge in [-0.2, -0.15) is 0 Å². The van der Waals surface area contributed by atoms with Gasteiger partial charge in [0.15, 0.2) is 11.6 Å². The maximum Gasteiger partial charge on any atom is 0.261 e. The first kappa shape index (κ1) is 22.0. The molecule has 0 saturated carbocycles. The number of rotatable bonds is 6. The summed E-state index contributed by atoms with van der Waals surface area (Å²) < 4.78 is 28.1. The van der Waals surface area contributed by atoms with E-state index in [2.05, 4.69) is 26.7 Å². The third-order valence-corrected chi connectivity index (χ3v) is 7.14. The van der Waals surface area contributed by atoms with Gasteiger partial charge >= 0.3 is 0 Å². The fourth-order valence-electron chi connectivity index (χ4n) is 3.71. The summed E-state index contributed by atoms with van der Waals surface area (Å²) in [7, 11) is -3.78. The number of nitrogens with one attached hydrogen (secondary N) is 1. The van der Waals surface area contributed by atoms with Gasteiger partial charge in [-0.15, -0.1) is 10.2 Å². The average Bonchev–Trinajstić information content (AvgIpc) is 2.80. The molecule has 7 nitrogen and oxygen atoms in total. The number of piperidine rings is 1. The predicted octanol–water partition coefficient (Wildman–Crippen LogP) is 4.38. The van der Waals surface area contributed by atoms with Crippen molar-refractivity contribution in [3.63, 3.8) is 0 Å². The zero-order valence-electron chi connectivity index (χ0n) is 18.2. The summed E-state index contributed by atoms with van der Waals surface area (Å²) in [6.45, 7) is 5.68. The Balaban J connectivity index is 1.50. The molecule has 166 valence electrons. The predicted molar refractivity (Wildman–Crippen MR) is 125 cm³/mol. The monoisotopic (exact) mass is 450 g/mol. The second kappa shape index (κ2) is 9.08. The van der Waals surface area contributed by atoms with E-state index in [1.165, 1.54) is 31.2 Å². The number of benzene rings is 2. The number of aromatic nitrogens is 2. The maximum atomic E-state index is 12.7. The highest BCUT2D eigenvalue weighted by Crippen LogP contribution is 2.25. The van der Waals surface area contributed by atoms with Crippen molar-refractivity contribution in [2.75, 3.05) is 22.7 Å². The number of anilines is 2. The molecule has 1 saturated heterocycles. The van der Waals surface area contributed by atoms with Gasteiger partial charge in [0.1, 0.15) is 0 Å². The Morgan fingerprint density at radius 2 is 1.72 bits per heavy atom. The fraction of sp³-hybridized carbons (Fsp3) is 0.292. The van der Waals surface area contributed by atoms with Crippen LogP contribution in [0.2, 0.25) is 0 Å². The summed E-state index contributed by atoms with van der Waals surface area (Å²) in [5, 5.41) is 8.75. The minimum Gasteiger partial charge on any atom is -0.355 e. The summed E-state index contributed by atoms with van der Waals surface area (Å²) >= 11 is 0. The van der Waals surface area contributed by atoms with Crippen molar-refractivity contribution in [2.45, 2.75) is 31.6 Å². The number of hydrogen-bond acceptors (Lipinski definition) is 6. The van der Waals surface area contributed by atoms with Crippen LogP contribution in [-0.2, 0) is 10.0 Å². The van der Waals surface area contributed by atoms with Crippen LogP contribution in [0.1, 0.15) is 37.0 Å². The van der Waals surface area contributed by atoms with Crippen LogP contribution in [0.5, 0.6) is 0 Å². The topological polar surface area (TPSA) is 92.3 Å². The normalized spacial score (nSPS) is 14.9. The Bertz CT molecular complexity index is 1200. The molecule has 1 aromatic heterocycles. The van der Waals surface area contributed by atoms with E-state index in [0.29, 0.717) is 16.9 Å². The molecule has 0 bridgehead atoms. The molecular weight excluding hydrogens is 424 g/mol. The van der Waals surface area contributed by atoms with Crippen molar-refractivity contribution in [2.24, 2.45) is 5.92 Å². The van der Waals surface area contributed by atoms with Crippen LogP contribution in [0.25, 0.3) is 11.3 Å². The number of Topliss-reactive ketones (excluding diaryl/α,β-unsaturated/α-hetero) is 1. The molecule has 0 aliphatic carbocycles. The Hall–Kier alpha value is -3.26. The number of sulfonamides is 1.